The van der Waals surface area contributed by atoms with Crippen molar-refractivity contribution in [3.8, 4) is 5.75 Å². The molecule has 4 heteroatoms. The molecule has 0 fully saturated rings. The second kappa shape index (κ2) is 3.81. The highest BCUT2D eigenvalue weighted by Gasteiger charge is 2.20. The monoisotopic (exact) mass is 206 g/mol. The van der Waals surface area contributed by atoms with Gasteiger partial charge in [0.2, 0.25) is 0 Å². The van der Waals surface area contributed by atoms with Crippen LogP contribution in [0.2, 0.25) is 0 Å². The van der Waals surface area contributed by atoms with Gasteiger partial charge in [0.25, 0.3) is 0 Å². The second-order valence-electron chi connectivity index (χ2n) is 3.56. The van der Waals surface area contributed by atoms with E-state index < -0.39 is 0 Å². The largest absolute Gasteiger partial charge is 0.494 e. The molecule has 1 unspecified atom stereocenters. The first-order chi connectivity index (χ1) is 7.27. The first kappa shape index (κ1) is 9.83. The predicted molar refractivity (Wildman–Crippen MR) is 57.0 cm³/mol. The molecule has 1 atom stereocenters. The van der Waals surface area contributed by atoms with Gasteiger partial charge in [0.05, 0.1) is 13.2 Å². The fourth-order valence-corrected chi connectivity index (χ4v) is 1.91. The third-order valence-electron chi connectivity index (χ3n) is 2.76. The Balaban J connectivity index is 2.39. The lowest BCUT2D eigenvalue weighted by Gasteiger charge is -2.12. The van der Waals surface area contributed by atoms with Gasteiger partial charge in [0.1, 0.15) is 11.4 Å². The average Bonchev–Trinajstić information content (AvgIpc) is 2.84. The van der Waals surface area contributed by atoms with Gasteiger partial charge in [0, 0.05) is 18.8 Å². The zero-order chi connectivity index (χ0) is 10.8. The lowest BCUT2D eigenvalue weighted by atomic mass is 10.2. The SMILES string of the molecule is COc1cc(C2CC=CN2)n(C)c1C=O. The normalized spacial score (nSPS) is 18.9. The van der Waals surface area contributed by atoms with Crippen molar-refractivity contribution in [2.45, 2.75) is 12.5 Å². The van der Waals surface area contributed by atoms with Crippen LogP contribution in [0.5, 0.6) is 5.75 Å². The summed E-state index contributed by atoms with van der Waals surface area (Å²) in [6.07, 6.45) is 5.78. The fraction of sp³-hybridized carbons (Fsp3) is 0.364. The third kappa shape index (κ3) is 1.52. The first-order valence-electron chi connectivity index (χ1n) is 4.87. The van der Waals surface area contributed by atoms with E-state index in [9.17, 15) is 4.79 Å². The molecule has 0 radical (unpaired) electrons. The van der Waals surface area contributed by atoms with Crippen LogP contribution in [0.15, 0.2) is 18.3 Å². The number of rotatable bonds is 3. The van der Waals surface area contributed by atoms with Gasteiger partial charge in [-0.2, -0.15) is 0 Å². The minimum absolute atomic E-state index is 0.248. The van der Waals surface area contributed by atoms with Crippen LogP contribution in [-0.4, -0.2) is 18.0 Å². The van der Waals surface area contributed by atoms with Gasteiger partial charge in [-0.3, -0.25) is 4.79 Å². The van der Waals surface area contributed by atoms with E-state index in [0.717, 1.165) is 18.4 Å². The van der Waals surface area contributed by atoms with Crippen molar-refractivity contribution in [3.05, 3.63) is 29.7 Å². The van der Waals surface area contributed by atoms with Crippen molar-refractivity contribution in [2.75, 3.05) is 7.11 Å². The second-order valence-corrected chi connectivity index (χ2v) is 3.56. The maximum Gasteiger partial charge on any atom is 0.170 e. The fourth-order valence-electron chi connectivity index (χ4n) is 1.91. The van der Waals surface area contributed by atoms with Crippen molar-refractivity contribution < 1.29 is 9.53 Å². The van der Waals surface area contributed by atoms with Crippen LogP contribution in [0.4, 0.5) is 0 Å². The summed E-state index contributed by atoms with van der Waals surface area (Å²) < 4.78 is 7.03. The Bertz CT molecular complexity index is 399. The summed E-state index contributed by atoms with van der Waals surface area (Å²) in [6.45, 7) is 0. The van der Waals surface area contributed by atoms with Gasteiger partial charge in [-0.05, 0) is 12.6 Å². The molecule has 1 aromatic rings. The summed E-state index contributed by atoms with van der Waals surface area (Å²) in [5.41, 5.74) is 1.65. The molecule has 0 aromatic carbocycles. The number of hydrogen-bond donors (Lipinski definition) is 1. The molecule has 0 bridgehead atoms. The Kier molecular flexibility index (Phi) is 2.49. The standard InChI is InChI=1S/C11H14N2O2/c1-13-9(8-4-3-5-12-8)6-11(15-2)10(13)7-14/h3,5-8,12H,4H2,1-2H3. The molecule has 0 saturated heterocycles. The molecule has 15 heavy (non-hydrogen) atoms. The van der Waals surface area contributed by atoms with Gasteiger partial charge < -0.3 is 14.6 Å². The lowest BCUT2D eigenvalue weighted by molar-refractivity contribution is 0.111. The van der Waals surface area contributed by atoms with E-state index in [1.165, 1.54) is 0 Å². The molecule has 0 spiro atoms. The molecule has 1 N–H and O–H groups in total. The Morgan fingerprint density at radius 1 is 1.67 bits per heavy atom. The van der Waals surface area contributed by atoms with Crippen LogP contribution in [0.3, 0.4) is 0 Å². The smallest absolute Gasteiger partial charge is 0.170 e. The molecule has 2 heterocycles. The van der Waals surface area contributed by atoms with Crippen molar-refractivity contribution in [1.29, 1.82) is 0 Å². The van der Waals surface area contributed by atoms with E-state index in [0.29, 0.717) is 11.4 Å². The van der Waals surface area contributed by atoms with Crippen LogP contribution < -0.4 is 10.1 Å². The number of nitrogens with one attached hydrogen (secondary N) is 1. The zero-order valence-corrected chi connectivity index (χ0v) is 8.86. The molecular formula is C11H14N2O2. The van der Waals surface area contributed by atoms with Crippen LogP contribution in [0, 0.1) is 0 Å². The molecule has 80 valence electrons. The van der Waals surface area contributed by atoms with E-state index >= 15 is 0 Å². The minimum atomic E-state index is 0.248. The number of carbonyl (C=O) groups is 1. The lowest BCUT2D eigenvalue weighted by Crippen LogP contribution is -2.14. The minimum Gasteiger partial charge on any atom is -0.494 e. The summed E-state index contributed by atoms with van der Waals surface area (Å²) in [7, 11) is 3.45. The molecule has 1 aliphatic rings. The molecule has 4 nitrogen and oxygen atoms in total. The van der Waals surface area contributed by atoms with Crippen LogP contribution in [0.25, 0.3) is 0 Å². The van der Waals surface area contributed by atoms with Gasteiger partial charge in [-0.1, -0.05) is 6.08 Å². The number of ether oxygens (including phenoxy) is 1. The van der Waals surface area contributed by atoms with Crippen molar-refractivity contribution in [1.82, 2.24) is 9.88 Å². The zero-order valence-electron chi connectivity index (χ0n) is 8.86. The average molecular weight is 206 g/mol. The van der Waals surface area contributed by atoms with Crippen molar-refractivity contribution in [3.63, 3.8) is 0 Å². The molecule has 1 aromatic heterocycles. The number of nitrogens with zero attached hydrogens (tertiary/aromatic N) is 1. The maximum absolute atomic E-state index is 10.9. The summed E-state index contributed by atoms with van der Waals surface area (Å²) in [5.74, 6) is 0.635. The van der Waals surface area contributed by atoms with Crippen LogP contribution >= 0.6 is 0 Å². The first-order valence-corrected chi connectivity index (χ1v) is 4.87. The van der Waals surface area contributed by atoms with E-state index in [-0.39, 0.29) is 6.04 Å². The Morgan fingerprint density at radius 2 is 2.47 bits per heavy atom. The van der Waals surface area contributed by atoms with Gasteiger partial charge in [0.15, 0.2) is 6.29 Å². The number of hydrogen-bond acceptors (Lipinski definition) is 3. The third-order valence-corrected chi connectivity index (χ3v) is 2.76. The van der Waals surface area contributed by atoms with Crippen molar-refractivity contribution in [2.24, 2.45) is 7.05 Å². The summed E-state index contributed by atoms with van der Waals surface area (Å²) in [6, 6.07) is 2.16. The summed E-state index contributed by atoms with van der Waals surface area (Å²) in [5, 5.41) is 3.23. The van der Waals surface area contributed by atoms with Gasteiger partial charge >= 0.3 is 0 Å². The van der Waals surface area contributed by atoms with Crippen LogP contribution in [-0.2, 0) is 7.05 Å². The Morgan fingerprint density at radius 3 is 2.93 bits per heavy atom. The molecule has 1 aliphatic heterocycles. The predicted octanol–water partition coefficient (Wildman–Crippen LogP) is 1.39. The number of aldehydes is 1. The topological polar surface area (TPSA) is 43.3 Å². The molecule has 0 amide bonds. The Labute approximate surface area is 88.5 Å². The van der Waals surface area contributed by atoms with E-state index in [2.05, 4.69) is 11.4 Å². The van der Waals surface area contributed by atoms with Gasteiger partial charge in [-0.15, -0.1) is 0 Å². The highest BCUT2D eigenvalue weighted by Crippen LogP contribution is 2.28. The van der Waals surface area contributed by atoms with E-state index in [1.807, 2.05) is 23.9 Å². The van der Waals surface area contributed by atoms with E-state index in [1.54, 1.807) is 7.11 Å². The van der Waals surface area contributed by atoms with Gasteiger partial charge in [-0.25, -0.2) is 0 Å². The summed E-state index contributed by atoms with van der Waals surface area (Å²) >= 11 is 0. The number of carbonyl (C=O) groups excluding carboxylic acids is 1. The molecule has 2 rings (SSSR count). The molecular weight excluding hydrogens is 192 g/mol. The quantitative estimate of drug-likeness (QED) is 0.760. The molecule has 0 aliphatic carbocycles. The Hall–Kier alpha value is -1.71. The van der Waals surface area contributed by atoms with E-state index in [4.69, 9.17) is 4.74 Å². The highest BCUT2D eigenvalue weighted by atomic mass is 16.5. The maximum atomic E-state index is 10.9. The number of aromatic nitrogens is 1. The number of methoxy groups -OCH3 is 1. The van der Waals surface area contributed by atoms with Crippen molar-refractivity contribution >= 4 is 6.29 Å². The highest BCUT2D eigenvalue weighted by molar-refractivity contribution is 5.77. The van der Waals surface area contributed by atoms with Crippen LogP contribution in [0.1, 0.15) is 28.6 Å². The summed E-state index contributed by atoms with van der Waals surface area (Å²) in [4.78, 5) is 10.9. The molecule has 0 saturated carbocycles.